The zero-order valence-corrected chi connectivity index (χ0v) is 8.28. The lowest BCUT2D eigenvalue weighted by molar-refractivity contribution is -0.384. The Kier molecular flexibility index (Phi) is 3.52. The van der Waals surface area contributed by atoms with Gasteiger partial charge in [-0.3, -0.25) is 10.1 Å². The number of hydrogen-bond donors (Lipinski definition) is 1. The van der Waals surface area contributed by atoms with Crippen LogP contribution in [-0.4, -0.2) is 16.5 Å². The Morgan fingerprint density at radius 1 is 1.59 bits per heavy atom. The van der Waals surface area contributed by atoms with Crippen molar-refractivity contribution in [3.05, 3.63) is 28.1 Å². The van der Waals surface area contributed by atoms with Crippen molar-refractivity contribution < 1.29 is 18.1 Å². The fourth-order valence-corrected chi connectivity index (χ4v) is 1.04. The molecular formula is C9H6F3N3O2. The van der Waals surface area contributed by atoms with E-state index in [9.17, 15) is 23.3 Å². The van der Waals surface area contributed by atoms with Gasteiger partial charge in [0.15, 0.2) is 0 Å². The molecule has 0 atom stereocenters. The van der Waals surface area contributed by atoms with Gasteiger partial charge in [-0.25, -0.2) is 4.98 Å². The van der Waals surface area contributed by atoms with Crippen molar-refractivity contribution in [2.75, 3.05) is 11.9 Å². The highest BCUT2D eigenvalue weighted by molar-refractivity contribution is 5.61. The number of nitrogens with one attached hydrogen (secondary N) is 1. The van der Waals surface area contributed by atoms with Gasteiger partial charge >= 0.3 is 11.9 Å². The van der Waals surface area contributed by atoms with E-state index in [2.05, 4.69) is 16.2 Å². The van der Waals surface area contributed by atoms with Crippen molar-refractivity contribution in [2.24, 2.45) is 0 Å². The van der Waals surface area contributed by atoms with Crippen LogP contribution in [0, 0.1) is 22.5 Å². The van der Waals surface area contributed by atoms with E-state index < -0.39 is 22.5 Å². The van der Waals surface area contributed by atoms with Gasteiger partial charge in [0.1, 0.15) is 17.6 Å². The molecule has 0 fully saturated rings. The second kappa shape index (κ2) is 4.69. The van der Waals surface area contributed by atoms with Gasteiger partial charge in [-0.1, -0.05) is 5.92 Å². The Bertz CT molecular complexity index is 479. The quantitative estimate of drug-likeness (QED) is 0.502. The van der Waals surface area contributed by atoms with E-state index in [1.165, 1.54) is 0 Å². The van der Waals surface area contributed by atoms with Crippen molar-refractivity contribution in [3.63, 3.8) is 0 Å². The molecule has 0 unspecified atom stereocenters. The molecule has 0 saturated heterocycles. The number of pyridine rings is 1. The lowest BCUT2D eigenvalue weighted by Gasteiger charge is -2.08. The number of halogens is 3. The van der Waals surface area contributed by atoms with Gasteiger partial charge in [0.05, 0.1) is 11.5 Å². The summed E-state index contributed by atoms with van der Waals surface area (Å²) in [4.78, 5) is 12.7. The summed E-state index contributed by atoms with van der Waals surface area (Å²) in [5.74, 6) is 2.11. The van der Waals surface area contributed by atoms with Gasteiger partial charge in [-0.15, -0.1) is 6.42 Å². The minimum absolute atomic E-state index is 0.123. The van der Waals surface area contributed by atoms with E-state index in [-0.39, 0.29) is 12.2 Å². The van der Waals surface area contributed by atoms with E-state index >= 15 is 0 Å². The summed E-state index contributed by atoms with van der Waals surface area (Å²) in [6, 6.07) is 0.551. The molecule has 0 saturated carbocycles. The number of nitro groups is 1. The molecule has 0 amide bonds. The number of aromatic nitrogens is 1. The number of terminal acetylenes is 1. The standard InChI is InChI=1S/C9H6F3N3O2/c1-2-3-13-6-4-8(9(10,11)12)14-5-7(6)15(16)17/h1,4-5H,3H2,(H,13,14). The summed E-state index contributed by atoms with van der Waals surface area (Å²) < 4.78 is 37.0. The molecule has 1 aromatic rings. The summed E-state index contributed by atoms with van der Waals surface area (Å²) >= 11 is 0. The summed E-state index contributed by atoms with van der Waals surface area (Å²) in [6.07, 6.45) is 0.785. The number of nitrogens with zero attached hydrogens (tertiary/aromatic N) is 2. The summed E-state index contributed by atoms with van der Waals surface area (Å²) in [7, 11) is 0. The first-order chi connectivity index (χ1) is 7.86. The first kappa shape index (κ1) is 12.8. The molecule has 0 spiro atoms. The van der Waals surface area contributed by atoms with Crippen molar-refractivity contribution in [2.45, 2.75) is 6.18 Å². The molecule has 5 nitrogen and oxygen atoms in total. The average molecular weight is 245 g/mol. The maximum absolute atomic E-state index is 12.3. The molecule has 1 aromatic heterocycles. The normalized spacial score (nSPS) is 10.7. The molecule has 0 aliphatic carbocycles. The predicted octanol–water partition coefficient (Wildman–Crippen LogP) is 2.05. The third-order valence-electron chi connectivity index (χ3n) is 1.75. The first-order valence-electron chi connectivity index (χ1n) is 4.25. The van der Waals surface area contributed by atoms with Crippen LogP contribution in [0.1, 0.15) is 5.69 Å². The zero-order valence-electron chi connectivity index (χ0n) is 8.28. The van der Waals surface area contributed by atoms with Crippen molar-refractivity contribution >= 4 is 11.4 Å². The van der Waals surface area contributed by atoms with Crippen LogP contribution in [0.3, 0.4) is 0 Å². The van der Waals surface area contributed by atoms with Crippen molar-refractivity contribution in [3.8, 4) is 12.3 Å². The van der Waals surface area contributed by atoms with Gasteiger partial charge in [0.2, 0.25) is 0 Å². The lowest BCUT2D eigenvalue weighted by Crippen LogP contribution is -2.11. The van der Waals surface area contributed by atoms with Crippen LogP contribution in [0.15, 0.2) is 12.3 Å². The van der Waals surface area contributed by atoms with Gasteiger partial charge in [-0.2, -0.15) is 13.2 Å². The highest BCUT2D eigenvalue weighted by atomic mass is 19.4. The molecule has 90 valence electrons. The summed E-state index contributed by atoms with van der Waals surface area (Å²) in [6.45, 7) is -0.123. The fraction of sp³-hybridized carbons (Fsp3) is 0.222. The minimum atomic E-state index is -4.66. The second-order valence-corrected chi connectivity index (χ2v) is 2.90. The van der Waals surface area contributed by atoms with E-state index in [0.717, 1.165) is 0 Å². The molecule has 1 N–H and O–H groups in total. The van der Waals surface area contributed by atoms with E-state index in [0.29, 0.717) is 12.3 Å². The van der Waals surface area contributed by atoms with E-state index in [4.69, 9.17) is 6.42 Å². The molecule has 0 aliphatic heterocycles. The van der Waals surface area contributed by atoms with Crippen LogP contribution < -0.4 is 5.32 Å². The molecule has 0 radical (unpaired) electrons. The van der Waals surface area contributed by atoms with Gasteiger partial charge in [0.25, 0.3) is 0 Å². The van der Waals surface area contributed by atoms with Crippen molar-refractivity contribution in [1.29, 1.82) is 0 Å². The molecule has 0 aliphatic rings. The first-order valence-corrected chi connectivity index (χ1v) is 4.25. The summed E-state index contributed by atoms with van der Waals surface area (Å²) in [5, 5.41) is 12.9. The number of alkyl halides is 3. The Morgan fingerprint density at radius 3 is 2.71 bits per heavy atom. The maximum atomic E-state index is 12.3. The minimum Gasteiger partial charge on any atom is -0.368 e. The number of rotatable bonds is 3. The maximum Gasteiger partial charge on any atom is 0.433 e. The van der Waals surface area contributed by atoms with Crippen LogP contribution in [0.5, 0.6) is 0 Å². The van der Waals surface area contributed by atoms with Gasteiger partial charge in [0, 0.05) is 0 Å². The van der Waals surface area contributed by atoms with Crippen LogP contribution in [0.4, 0.5) is 24.5 Å². The second-order valence-electron chi connectivity index (χ2n) is 2.90. The van der Waals surface area contributed by atoms with E-state index in [1.54, 1.807) is 0 Å². The monoisotopic (exact) mass is 245 g/mol. The lowest BCUT2D eigenvalue weighted by atomic mass is 10.2. The molecule has 1 rings (SSSR count). The fourth-order valence-electron chi connectivity index (χ4n) is 1.04. The smallest absolute Gasteiger partial charge is 0.368 e. The van der Waals surface area contributed by atoms with Crippen molar-refractivity contribution in [1.82, 2.24) is 4.98 Å². The average Bonchev–Trinajstić information content (AvgIpc) is 2.24. The van der Waals surface area contributed by atoms with Crippen LogP contribution >= 0.6 is 0 Å². The van der Waals surface area contributed by atoms with Crippen LogP contribution in [-0.2, 0) is 6.18 Å². The van der Waals surface area contributed by atoms with Gasteiger partial charge in [-0.05, 0) is 6.07 Å². The Balaban J connectivity index is 3.20. The third-order valence-corrected chi connectivity index (χ3v) is 1.75. The highest BCUT2D eigenvalue weighted by Gasteiger charge is 2.34. The molecule has 8 heteroatoms. The Labute approximate surface area is 93.8 Å². The largest absolute Gasteiger partial charge is 0.433 e. The van der Waals surface area contributed by atoms with E-state index in [1.807, 2.05) is 0 Å². The predicted molar refractivity (Wildman–Crippen MR) is 53.2 cm³/mol. The molecule has 0 aromatic carbocycles. The molecular weight excluding hydrogens is 239 g/mol. The number of anilines is 1. The summed E-state index contributed by atoms with van der Waals surface area (Å²) in [5.41, 5.74) is -2.09. The third kappa shape index (κ3) is 3.07. The molecule has 0 bridgehead atoms. The Morgan fingerprint density at radius 2 is 2.24 bits per heavy atom. The topological polar surface area (TPSA) is 68.1 Å². The van der Waals surface area contributed by atoms with Crippen LogP contribution in [0.2, 0.25) is 0 Å². The molecule has 17 heavy (non-hydrogen) atoms. The van der Waals surface area contributed by atoms with Gasteiger partial charge < -0.3 is 5.32 Å². The Hall–Kier alpha value is -2.30. The highest BCUT2D eigenvalue weighted by Crippen LogP contribution is 2.32. The van der Waals surface area contributed by atoms with Crippen LogP contribution in [0.25, 0.3) is 0 Å². The SMILES string of the molecule is C#CCNc1cc(C(F)(F)F)ncc1[N+](=O)[O-]. The molecule has 1 heterocycles. The zero-order chi connectivity index (χ0) is 13.1. The number of hydrogen-bond acceptors (Lipinski definition) is 4.